The van der Waals surface area contributed by atoms with Crippen LogP contribution >= 0.6 is 11.3 Å². The number of carbonyl (C=O) groups is 1. The van der Waals surface area contributed by atoms with Crippen LogP contribution in [0.4, 0.5) is 0 Å². The first-order valence-corrected chi connectivity index (χ1v) is 9.60. The molecule has 3 heterocycles. The van der Waals surface area contributed by atoms with Gasteiger partial charge in [0.1, 0.15) is 0 Å². The Kier molecular flexibility index (Phi) is 5.19. The number of thiophene rings is 1. The van der Waals surface area contributed by atoms with Gasteiger partial charge in [-0.25, -0.2) is 0 Å². The van der Waals surface area contributed by atoms with Crippen molar-refractivity contribution in [1.29, 1.82) is 0 Å². The predicted molar refractivity (Wildman–Crippen MR) is 92.8 cm³/mol. The van der Waals surface area contributed by atoms with Gasteiger partial charge >= 0.3 is 0 Å². The Morgan fingerprint density at radius 1 is 1.18 bits per heavy atom. The number of piperidine rings is 1. The third-order valence-corrected chi connectivity index (χ3v) is 6.34. The normalized spacial score (nSPS) is 23.4. The van der Waals surface area contributed by atoms with E-state index in [1.54, 1.807) is 11.3 Å². The Morgan fingerprint density at radius 2 is 1.95 bits per heavy atom. The average molecular weight is 321 g/mol. The minimum absolute atomic E-state index is 0.261. The average Bonchev–Trinajstić information content (AvgIpc) is 3.17. The summed E-state index contributed by atoms with van der Waals surface area (Å²) in [4.78, 5) is 19.8. The summed E-state index contributed by atoms with van der Waals surface area (Å²) in [6.07, 6.45) is 6.35. The minimum Gasteiger partial charge on any atom is -0.334 e. The van der Waals surface area contributed by atoms with Crippen molar-refractivity contribution in [3.63, 3.8) is 0 Å². The summed E-state index contributed by atoms with van der Waals surface area (Å²) in [6.45, 7) is 8.83. The molecule has 3 nitrogen and oxygen atoms in total. The van der Waals surface area contributed by atoms with Gasteiger partial charge in [-0.1, -0.05) is 20.3 Å². The fraction of sp³-hybridized carbons (Fsp3) is 0.722. The SMILES string of the molecule is CC(C)c1ccc(C(=O)N2CCCC2CN2CCCCC2)s1. The lowest BCUT2D eigenvalue weighted by Crippen LogP contribution is -2.44. The maximum atomic E-state index is 12.9. The summed E-state index contributed by atoms with van der Waals surface area (Å²) < 4.78 is 0. The smallest absolute Gasteiger partial charge is 0.264 e. The van der Waals surface area contributed by atoms with Gasteiger partial charge in [-0.15, -0.1) is 11.3 Å². The van der Waals surface area contributed by atoms with Crippen molar-refractivity contribution < 1.29 is 4.79 Å². The van der Waals surface area contributed by atoms with Crippen molar-refractivity contribution in [1.82, 2.24) is 9.80 Å². The van der Waals surface area contributed by atoms with Crippen LogP contribution in [-0.4, -0.2) is 47.9 Å². The van der Waals surface area contributed by atoms with Gasteiger partial charge in [-0.05, 0) is 56.8 Å². The Hall–Kier alpha value is -0.870. The second-order valence-corrected chi connectivity index (χ2v) is 8.13. The Bertz CT molecular complexity index is 505. The summed E-state index contributed by atoms with van der Waals surface area (Å²) >= 11 is 1.68. The molecule has 22 heavy (non-hydrogen) atoms. The zero-order valence-corrected chi connectivity index (χ0v) is 14.7. The molecule has 0 bridgehead atoms. The maximum absolute atomic E-state index is 12.9. The minimum atomic E-state index is 0.261. The highest BCUT2D eigenvalue weighted by Crippen LogP contribution is 2.28. The van der Waals surface area contributed by atoms with Crippen molar-refractivity contribution in [2.45, 2.75) is 57.9 Å². The van der Waals surface area contributed by atoms with Gasteiger partial charge in [-0.2, -0.15) is 0 Å². The summed E-state index contributed by atoms with van der Waals surface area (Å²) in [5.74, 6) is 0.769. The molecule has 2 fully saturated rings. The molecule has 0 radical (unpaired) electrons. The molecular weight excluding hydrogens is 292 g/mol. The van der Waals surface area contributed by atoms with Gasteiger partial charge in [0.25, 0.3) is 5.91 Å². The van der Waals surface area contributed by atoms with Gasteiger partial charge < -0.3 is 9.80 Å². The van der Waals surface area contributed by atoms with Crippen LogP contribution in [0.25, 0.3) is 0 Å². The number of rotatable bonds is 4. The third kappa shape index (κ3) is 3.54. The zero-order valence-electron chi connectivity index (χ0n) is 13.9. The number of nitrogens with zero attached hydrogens (tertiary/aromatic N) is 2. The lowest BCUT2D eigenvalue weighted by molar-refractivity contribution is 0.0695. The van der Waals surface area contributed by atoms with E-state index in [0.29, 0.717) is 12.0 Å². The fourth-order valence-corrected chi connectivity index (χ4v) is 4.62. The number of hydrogen-bond donors (Lipinski definition) is 0. The Labute approximate surface area is 138 Å². The molecule has 1 atom stereocenters. The first-order chi connectivity index (χ1) is 10.6. The van der Waals surface area contributed by atoms with Crippen LogP contribution in [0.15, 0.2) is 12.1 Å². The van der Waals surface area contributed by atoms with E-state index >= 15 is 0 Å². The van der Waals surface area contributed by atoms with Crippen molar-refractivity contribution in [3.05, 3.63) is 21.9 Å². The summed E-state index contributed by atoms with van der Waals surface area (Å²) in [5.41, 5.74) is 0. The molecule has 2 aliphatic heterocycles. The predicted octanol–water partition coefficient (Wildman–Crippen LogP) is 3.96. The van der Waals surface area contributed by atoms with Crippen LogP contribution in [0.5, 0.6) is 0 Å². The maximum Gasteiger partial charge on any atom is 0.264 e. The highest BCUT2D eigenvalue weighted by molar-refractivity contribution is 7.14. The molecule has 0 aliphatic carbocycles. The molecule has 2 saturated heterocycles. The molecule has 1 aromatic rings. The lowest BCUT2D eigenvalue weighted by Gasteiger charge is -2.32. The molecule has 122 valence electrons. The molecule has 0 saturated carbocycles. The first-order valence-electron chi connectivity index (χ1n) is 8.78. The summed E-state index contributed by atoms with van der Waals surface area (Å²) in [6, 6.07) is 4.58. The van der Waals surface area contributed by atoms with Gasteiger partial charge in [0.2, 0.25) is 0 Å². The molecule has 1 unspecified atom stereocenters. The second-order valence-electron chi connectivity index (χ2n) is 7.01. The zero-order chi connectivity index (χ0) is 15.5. The number of carbonyl (C=O) groups excluding carboxylic acids is 1. The molecular formula is C18H28N2OS. The topological polar surface area (TPSA) is 23.6 Å². The van der Waals surface area contributed by atoms with Gasteiger partial charge in [0.05, 0.1) is 4.88 Å². The number of likely N-dealkylation sites (tertiary alicyclic amines) is 2. The van der Waals surface area contributed by atoms with Crippen molar-refractivity contribution in [3.8, 4) is 0 Å². The van der Waals surface area contributed by atoms with E-state index in [1.807, 2.05) is 6.07 Å². The number of hydrogen-bond acceptors (Lipinski definition) is 3. The van der Waals surface area contributed by atoms with Crippen LogP contribution in [0.1, 0.15) is 66.4 Å². The highest BCUT2D eigenvalue weighted by atomic mass is 32.1. The van der Waals surface area contributed by atoms with E-state index < -0.39 is 0 Å². The van der Waals surface area contributed by atoms with E-state index in [4.69, 9.17) is 0 Å². The van der Waals surface area contributed by atoms with Crippen LogP contribution in [0.2, 0.25) is 0 Å². The molecule has 0 spiro atoms. The highest BCUT2D eigenvalue weighted by Gasteiger charge is 2.31. The molecule has 4 heteroatoms. The van der Waals surface area contributed by atoms with Crippen molar-refractivity contribution in [2.75, 3.05) is 26.2 Å². The summed E-state index contributed by atoms with van der Waals surface area (Å²) in [7, 11) is 0. The van der Waals surface area contributed by atoms with Crippen molar-refractivity contribution >= 4 is 17.2 Å². The van der Waals surface area contributed by atoms with Gasteiger partial charge in [0.15, 0.2) is 0 Å². The first kappa shape index (κ1) is 16.0. The second kappa shape index (κ2) is 7.14. The van der Waals surface area contributed by atoms with Crippen LogP contribution in [0.3, 0.4) is 0 Å². The van der Waals surface area contributed by atoms with Gasteiger partial charge in [0, 0.05) is 24.0 Å². The molecule has 0 N–H and O–H groups in total. The molecule has 2 aliphatic rings. The van der Waals surface area contributed by atoms with E-state index in [-0.39, 0.29) is 5.91 Å². The largest absolute Gasteiger partial charge is 0.334 e. The van der Waals surface area contributed by atoms with E-state index in [0.717, 1.165) is 24.4 Å². The van der Waals surface area contributed by atoms with E-state index in [9.17, 15) is 4.79 Å². The van der Waals surface area contributed by atoms with E-state index in [1.165, 1.54) is 43.6 Å². The Morgan fingerprint density at radius 3 is 2.64 bits per heavy atom. The van der Waals surface area contributed by atoms with E-state index in [2.05, 4.69) is 29.7 Å². The quantitative estimate of drug-likeness (QED) is 0.838. The van der Waals surface area contributed by atoms with Crippen molar-refractivity contribution in [2.24, 2.45) is 0 Å². The van der Waals surface area contributed by atoms with Crippen LogP contribution < -0.4 is 0 Å². The van der Waals surface area contributed by atoms with Crippen LogP contribution in [-0.2, 0) is 0 Å². The van der Waals surface area contributed by atoms with Gasteiger partial charge in [-0.3, -0.25) is 4.79 Å². The van der Waals surface area contributed by atoms with Crippen LogP contribution in [0, 0.1) is 0 Å². The summed E-state index contributed by atoms with van der Waals surface area (Å²) in [5, 5.41) is 0. The third-order valence-electron chi connectivity index (χ3n) is 4.96. The fourth-order valence-electron chi connectivity index (χ4n) is 3.65. The number of amides is 1. The molecule has 3 rings (SSSR count). The molecule has 1 aromatic heterocycles. The monoisotopic (exact) mass is 320 g/mol. The standard InChI is InChI=1S/C18H28N2OS/c1-14(2)16-8-9-17(22-16)18(21)20-12-6-7-15(20)13-19-10-4-3-5-11-19/h8-9,14-15H,3-7,10-13H2,1-2H3. The molecule has 0 aromatic carbocycles. The molecule has 1 amide bonds. The Balaban J connectivity index is 1.64. The lowest BCUT2D eigenvalue weighted by atomic mass is 10.1.